The maximum absolute atomic E-state index is 11.9. The summed E-state index contributed by atoms with van der Waals surface area (Å²) in [5.74, 6) is 0.745. The third-order valence-corrected chi connectivity index (χ3v) is 3.49. The van der Waals surface area contributed by atoms with Gasteiger partial charge in [-0.2, -0.15) is 0 Å². The number of ether oxygens (including phenoxy) is 1. The van der Waals surface area contributed by atoms with Crippen molar-refractivity contribution in [1.29, 1.82) is 0 Å². The quantitative estimate of drug-likeness (QED) is 0.729. The first-order valence-corrected chi connectivity index (χ1v) is 7.72. The zero-order chi connectivity index (χ0) is 17.2. The van der Waals surface area contributed by atoms with Gasteiger partial charge in [0.1, 0.15) is 5.75 Å². The normalized spacial score (nSPS) is 10.5. The van der Waals surface area contributed by atoms with Crippen LogP contribution in [0.5, 0.6) is 5.75 Å². The molecule has 0 unspecified atom stereocenters. The fourth-order valence-corrected chi connectivity index (χ4v) is 2.07. The number of benzene rings is 1. The van der Waals surface area contributed by atoms with E-state index in [9.17, 15) is 9.59 Å². The van der Waals surface area contributed by atoms with Crippen LogP contribution < -0.4 is 10.1 Å². The molecule has 1 rings (SSSR count). The molecule has 0 aliphatic heterocycles. The van der Waals surface area contributed by atoms with Gasteiger partial charge >= 0.3 is 0 Å². The van der Waals surface area contributed by atoms with E-state index in [-0.39, 0.29) is 11.8 Å². The van der Waals surface area contributed by atoms with Gasteiger partial charge in [-0.3, -0.25) is 9.59 Å². The molecule has 2 amide bonds. The summed E-state index contributed by atoms with van der Waals surface area (Å²) >= 11 is 0. The van der Waals surface area contributed by atoms with Gasteiger partial charge in [-0.15, -0.1) is 0 Å². The molecule has 0 aliphatic carbocycles. The van der Waals surface area contributed by atoms with E-state index in [1.807, 2.05) is 43.3 Å². The van der Waals surface area contributed by atoms with Crippen molar-refractivity contribution in [2.24, 2.45) is 0 Å². The molecule has 1 aromatic rings. The van der Waals surface area contributed by atoms with Crippen LogP contribution in [0.2, 0.25) is 0 Å². The van der Waals surface area contributed by atoms with E-state index in [1.165, 1.54) is 0 Å². The number of hydrogen-bond donors (Lipinski definition) is 1. The molecular formula is C17H27N3O3. The molecule has 1 N–H and O–H groups in total. The van der Waals surface area contributed by atoms with E-state index < -0.39 is 0 Å². The van der Waals surface area contributed by atoms with Gasteiger partial charge in [0.2, 0.25) is 11.8 Å². The van der Waals surface area contributed by atoms with Crippen LogP contribution >= 0.6 is 0 Å². The molecule has 128 valence electrons. The molecule has 0 aliphatic rings. The Morgan fingerprint density at radius 3 is 2.26 bits per heavy atom. The maximum atomic E-state index is 11.9. The zero-order valence-corrected chi connectivity index (χ0v) is 14.5. The van der Waals surface area contributed by atoms with E-state index in [2.05, 4.69) is 5.32 Å². The molecule has 0 bridgehead atoms. The van der Waals surface area contributed by atoms with Crippen LogP contribution in [-0.2, 0) is 16.0 Å². The van der Waals surface area contributed by atoms with Crippen LogP contribution in [0.1, 0.15) is 12.5 Å². The molecule has 0 aromatic heterocycles. The van der Waals surface area contributed by atoms with Crippen molar-refractivity contribution in [3.8, 4) is 5.75 Å². The molecule has 0 fully saturated rings. The minimum atomic E-state index is -0.0497. The summed E-state index contributed by atoms with van der Waals surface area (Å²) in [6.45, 7) is 4.00. The van der Waals surface area contributed by atoms with Crippen molar-refractivity contribution < 1.29 is 14.3 Å². The Balaban J connectivity index is 2.34. The lowest BCUT2D eigenvalue weighted by atomic mass is 10.1. The van der Waals surface area contributed by atoms with E-state index in [1.54, 1.807) is 18.9 Å². The molecular weight excluding hydrogens is 294 g/mol. The van der Waals surface area contributed by atoms with Gasteiger partial charge in [-0.05, 0) is 31.8 Å². The van der Waals surface area contributed by atoms with Crippen molar-refractivity contribution in [2.75, 3.05) is 47.4 Å². The molecule has 23 heavy (non-hydrogen) atoms. The maximum Gasteiger partial charge on any atom is 0.224 e. The lowest BCUT2D eigenvalue weighted by Crippen LogP contribution is -2.41. The summed E-state index contributed by atoms with van der Waals surface area (Å²) in [5, 5.41) is 2.86. The van der Waals surface area contributed by atoms with Crippen LogP contribution in [0.4, 0.5) is 0 Å². The Labute approximate surface area is 138 Å². The number of rotatable bonds is 9. The van der Waals surface area contributed by atoms with Crippen molar-refractivity contribution in [3.63, 3.8) is 0 Å². The van der Waals surface area contributed by atoms with Gasteiger partial charge in [-0.1, -0.05) is 12.1 Å². The summed E-state index contributed by atoms with van der Waals surface area (Å²) in [5.41, 5.74) is 0.930. The van der Waals surface area contributed by atoms with Crippen molar-refractivity contribution in [3.05, 3.63) is 29.8 Å². The SMILES string of the molecule is COc1ccc(CC(=O)NCCN(CCN(C)C)C(C)=O)cc1. The van der Waals surface area contributed by atoms with Gasteiger partial charge in [0.25, 0.3) is 0 Å². The van der Waals surface area contributed by atoms with E-state index in [0.29, 0.717) is 26.1 Å². The molecule has 6 heteroatoms. The molecule has 0 spiro atoms. The van der Waals surface area contributed by atoms with Gasteiger partial charge in [-0.25, -0.2) is 0 Å². The van der Waals surface area contributed by atoms with Crippen molar-refractivity contribution in [1.82, 2.24) is 15.1 Å². The minimum absolute atomic E-state index is 0.0243. The Bertz CT molecular complexity index is 500. The van der Waals surface area contributed by atoms with Crippen molar-refractivity contribution in [2.45, 2.75) is 13.3 Å². The van der Waals surface area contributed by atoms with Crippen molar-refractivity contribution >= 4 is 11.8 Å². The molecule has 0 saturated heterocycles. The third-order valence-electron chi connectivity index (χ3n) is 3.49. The Morgan fingerprint density at radius 1 is 1.09 bits per heavy atom. The number of methoxy groups -OCH3 is 1. The smallest absolute Gasteiger partial charge is 0.224 e. The molecule has 0 radical (unpaired) electrons. The zero-order valence-electron chi connectivity index (χ0n) is 14.5. The topological polar surface area (TPSA) is 61.9 Å². The minimum Gasteiger partial charge on any atom is -0.497 e. The Kier molecular flexibility index (Phi) is 8.11. The second kappa shape index (κ2) is 9.84. The number of amides is 2. The average Bonchev–Trinajstić information content (AvgIpc) is 2.50. The lowest BCUT2D eigenvalue weighted by molar-refractivity contribution is -0.129. The molecule has 6 nitrogen and oxygen atoms in total. The fourth-order valence-electron chi connectivity index (χ4n) is 2.07. The van der Waals surface area contributed by atoms with Gasteiger partial charge in [0, 0.05) is 33.1 Å². The third kappa shape index (κ3) is 7.65. The highest BCUT2D eigenvalue weighted by Gasteiger charge is 2.09. The number of nitrogens with zero attached hydrogens (tertiary/aromatic N) is 2. The van der Waals surface area contributed by atoms with E-state index in [4.69, 9.17) is 4.74 Å². The predicted octanol–water partition coefficient (Wildman–Crippen LogP) is 0.764. The highest BCUT2D eigenvalue weighted by atomic mass is 16.5. The molecule has 0 heterocycles. The highest BCUT2D eigenvalue weighted by Crippen LogP contribution is 2.11. The largest absolute Gasteiger partial charge is 0.497 e. The van der Waals surface area contributed by atoms with Gasteiger partial charge < -0.3 is 19.9 Å². The Morgan fingerprint density at radius 2 is 1.74 bits per heavy atom. The summed E-state index contributed by atoms with van der Waals surface area (Å²) in [6.07, 6.45) is 0.321. The summed E-state index contributed by atoms with van der Waals surface area (Å²) in [6, 6.07) is 7.41. The number of likely N-dealkylation sites (N-methyl/N-ethyl adjacent to an activating group) is 1. The second-order valence-electron chi connectivity index (χ2n) is 5.68. The number of carbonyl (C=O) groups excluding carboxylic acids is 2. The number of carbonyl (C=O) groups is 2. The summed E-state index contributed by atoms with van der Waals surface area (Å²) in [4.78, 5) is 27.3. The van der Waals surface area contributed by atoms with E-state index in [0.717, 1.165) is 17.9 Å². The summed E-state index contributed by atoms with van der Waals surface area (Å²) in [7, 11) is 5.54. The number of nitrogens with one attached hydrogen (secondary N) is 1. The first-order valence-electron chi connectivity index (χ1n) is 7.72. The summed E-state index contributed by atoms with van der Waals surface area (Å²) < 4.78 is 5.09. The van der Waals surface area contributed by atoms with Crippen LogP contribution in [-0.4, -0.2) is 69.0 Å². The average molecular weight is 321 g/mol. The fraction of sp³-hybridized carbons (Fsp3) is 0.529. The van der Waals surface area contributed by atoms with Gasteiger partial charge in [0.15, 0.2) is 0 Å². The highest BCUT2D eigenvalue weighted by molar-refractivity contribution is 5.78. The first-order chi connectivity index (χ1) is 10.9. The van der Waals surface area contributed by atoms with Crippen LogP contribution in [0.15, 0.2) is 24.3 Å². The van der Waals surface area contributed by atoms with Crippen LogP contribution in [0.25, 0.3) is 0 Å². The molecule has 0 atom stereocenters. The molecule has 0 saturated carbocycles. The van der Waals surface area contributed by atoms with Crippen LogP contribution in [0, 0.1) is 0 Å². The number of hydrogen-bond acceptors (Lipinski definition) is 4. The monoisotopic (exact) mass is 321 g/mol. The van der Waals surface area contributed by atoms with Gasteiger partial charge in [0.05, 0.1) is 13.5 Å². The van der Waals surface area contributed by atoms with Crippen LogP contribution in [0.3, 0.4) is 0 Å². The lowest BCUT2D eigenvalue weighted by Gasteiger charge is -2.23. The molecule has 1 aromatic carbocycles. The van der Waals surface area contributed by atoms with E-state index >= 15 is 0 Å². The second-order valence-corrected chi connectivity index (χ2v) is 5.68. The Hall–Kier alpha value is -2.08. The first kappa shape index (κ1) is 19.0. The predicted molar refractivity (Wildman–Crippen MR) is 90.5 cm³/mol. The standard InChI is InChI=1S/C17H27N3O3/c1-14(21)20(12-11-19(2)3)10-9-18-17(22)13-15-5-7-16(23-4)8-6-15/h5-8H,9-13H2,1-4H3,(H,18,22).